The summed E-state index contributed by atoms with van der Waals surface area (Å²) < 4.78 is 21.9. The maximum Gasteiger partial charge on any atom is 0.235 e. The van der Waals surface area contributed by atoms with Gasteiger partial charge in [0.1, 0.15) is 22.4 Å². The van der Waals surface area contributed by atoms with Crippen molar-refractivity contribution in [3.8, 4) is 23.0 Å². The molecule has 3 heterocycles. The smallest absolute Gasteiger partial charge is 0.235 e. The van der Waals surface area contributed by atoms with Crippen molar-refractivity contribution in [2.24, 2.45) is 11.1 Å². The molecule has 2 aromatic heterocycles. The molecule has 0 bridgehead atoms. The maximum absolute atomic E-state index is 14.9. The molecule has 0 atom stereocenters. The number of halogens is 1. The molecule has 4 rings (SSSR count). The number of hydrogen-bond acceptors (Lipinski definition) is 5. The predicted octanol–water partition coefficient (Wildman–Crippen LogP) is 2.23. The number of morpholine rings is 1. The number of nitrogens with zero attached hydrogens (tertiary/aromatic N) is 4. The van der Waals surface area contributed by atoms with Crippen molar-refractivity contribution in [2.45, 2.75) is 13.8 Å². The Balaban J connectivity index is 1.76. The number of aromatic nitrogens is 3. The zero-order valence-electron chi connectivity index (χ0n) is 16.9. The van der Waals surface area contributed by atoms with Crippen molar-refractivity contribution in [3.63, 3.8) is 0 Å². The second-order valence-electron chi connectivity index (χ2n) is 7.63. The average molecular weight is 407 g/mol. The van der Waals surface area contributed by atoms with E-state index in [0.717, 1.165) is 0 Å². The molecule has 0 radical (unpaired) electrons. The van der Waals surface area contributed by atoms with Crippen molar-refractivity contribution < 1.29 is 13.9 Å². The fourth-order valence-electron chi connectivity index (χ4n) is 3.26. The fraction of sp³-hybridized carbons (Fsp3) is 0.318. The van der Waals surface area contributed by atoms with E-state index in [1.807, 2.05) is 11.0 Å². The van der Waals surface area contributed by atoms with Crippen molar-refractivity contribution in [3.05, 3.63) is 48.3 Å². The molecule has 1 aliphatic rings. The number of nitrogens with two attached hydrogens (primary N) is 1. The van der Waals surface area contributed by atoms with E-state index in [0.29, 0.717) is 54.3 Å². The summed E-state index contributed by atoms with van der Waals surface area (Å²) in [7, 11) is 0. The number of fused-ring (bicyclic) bond motifs is 1. The molecule has 2 N–H and O–H groups in total. The van der Waals surface area contributed by atoms with Crippen LogP contribution in [0.25, 0.3) is 16.6 Å². The van der Waals surface area contributed by atoms with Crippen molar-refractivity contribution >= 4 is 17.1 Å². The molecule has 0 spiro atoms. The standard InChI is InChI=1S/C22H22FN5O2/c1-22(2,21(24)29)6-5-18-20-16(14-26-28(20)8-7-25-18)15-3-4-19(17(23)13-15)27-9-11-30-12-10-27/h3-4,7-8,13-14H,9-12H2,1-2H3,(H2,24,29). The summed E-state index contributed by atoms with van der Waals surface area (Å²) in [5.74, 6) is 5.00. The molecular formula is C22H22FN5O2. The second kappa shape index (κ2) is 7.76. The molecule has 1 saturated heterocycles. The van der Waals surface area contributed by atoms with Crippen LogP contribution in [0.2, 0.25) is 0 Å². The first kappa shape index (κ1) is 19.9. The Morgan fingerprint density at radius 1 is 1.30 bits per heavy atom. The molecule has 7 nitrogen and oxygen atoms in total. The average Bonchev–Trinajstić information content (AvgIpc) is 3.17. The first-order valence-corrected chi connectivity index (χ1v) is 9.65. The number of amides is 1. The third kappa shape index (κ3) is 3.72. The highest BCUT2D eigenvalue weighted by molar-refractivity contribution is 5.86. The lowest BCUT2D eigenvalue weighted by Gasteiger charge is -2.29. The van der Waals surface area contributed by atoms with Gasteiger partial charge in [0.05, 0.1) is 25.1 Å². The van der Waals surface area contributed by atoms with Crippen LogP contribution in [0, 0.1) is 23.1 Å². The van der Waals surface area contributed by atoms with Crippen LogP contribution in [0.5, 0.6) is 0 Å². The Bertz CT molecular complexity index is 1170. The van der Waals surface area contributed by atoms with E-state index in [4.69, 9.17) is 10.5 Å². The highest BCUT2D eigenvalue weighted by Crippen LogP contribution is 2.30. The van der Waals surface area contributed by atoms with Gasteiger partial charge >= 0.3 is 0 Å². The van der Waals surface area contributed by atoms with Crippen LogP contribution in [0.3, 0.4) is 0 Å². The Morgan fingerprint density at radius 3 is 2.77 bits per heavy atom. The molecule has 1 fully saturated rings. The summed E-state index contributed by atoms with van der Waals surface area (Å²) in [4.78, 5) is 17.9. The first-order chi connectivity index (χ1) is 14.4. The summed E-state index contributed by atoms with van der Waals surface area (Å²) in [6.07, 6.45) is 4.93. The molecule has 1 aromatic carbocycles. The number of anilines is 1. The molecule has 1 aliphatic heterocycles. The fourth-order valence-corrected chi connectivity index (χ4v) is 3.26. The van der Waals surface area contributed by atoms with Crippen LogP contribution in [0.15, 0.2) is 36.8 Å². The molecule has 0 unspecified atom stereocenters. The van der Waals surface area contributed by atoms with Gasteiger partial charge in [-0.25, -0.2) is 13.9 Å². The molecular weight excluding hydrogens is 385 g/mol. The highest BCUT2D eigenvalue weighted by atomic mass is 19.1. The number of benzene rings is 1. The Morgan fingerprint density at radius 2 is 2.07 bits per heavy atom. The van der Waals surface area contributed by atoms with E-state index < -0.39 is 11.3 Å². The number of carbonyl (C=O) groups excluding carboxylic acids is 1. The largest absolute Gasteiger partial charge is 0.378 e. The molecule has 0 saturated carbocycles. The number of rotatable bonds is 3. The first-order valence-electron chi connectivity index (χ1n) is 9.65. The van der Waals surface area contributed by atoms with E-state index in [1.54, 1.807) is 43.0 Å². The molecule has 30 heavy (non-hydrogen) atoms. The third-order valence-electron chi connectivity index (χ3n) is 5.15. The summed E-state index contributed by atoms with van der Waals surface area (Å²) in [5, 5.41) is 4.35. The Labute approximate surface area is 173 Å². The number of carbonyl (C=O) groups is 1. The zero-order chi connectivity index (χ0) is 21.3. The van der Waals surface area contributed by atoms with Crippen LogP contribution in [0.4, 0.5) is 10.1 Å². The lowest BCUT2D eigenvalue weighted by Crippen LogP contribution is -2.36. The number of hydrogen-bond donors (Lipinski definition) is 1. The van der Waals surface area contributed by atoms with Gasteiger partial charge in [0.25, 0.3) is 0 Å². The quantitative estimate of drug-likeness (QED) is 0.673. The highest BCUT2D eigenvalue weighted by Gasteiger charge is 2.22. The van der Waals surface area contributed by atoms with Crippen molar-refractivity contribution in [1.29, 1.82) is 0 Å². The van der Waals surface area contributed by atoms with Gasteiger partial charge in [-0.2, -0.15) is 5.10 Å². The monoisotopic (exact) mass is 407 g/mol. The van der Waals surface area contributed by atoms with Gasteiger partial charge in [0.2, 0.25) is 5.91 Å². The van der Waals surface area contributed by atoms with Crippen LogP contribution in [-0.4, -0.2) is 46.8 Å². The molecule has 0 aliphatic carbocycles. The third-order valence-corrected chi connectivity index (χ3v) is 5.15. The predicted molar refractivity (Wildman–Crippen MR) is 111 cm³/mol. The Kier molecular flexibility index (Phi) is 5.14. The van der Waals surface area contributed by atoms with E-state index in [2.05, 4.69) is 21.9 Å². The summed E-state index contributed by atoms with van der Waals surface area (Å²) in [5.41, 5.74) is 7.42. The van der Waals surface area contributed by atoms with Crippen LogP contribution in [-0.2, 0) is 9.53 Å². The second-order valence-corrected chi connectivity index (χ2v) is 7.63. The van der Waals surface area contributed by atoms with E-state index in [-0.39, 0.29) is 5.82 Å². The topological polar surface area (TPSA) is 85.8 Å². The maximum atomic E-state index is 14.9. The summed E-state index contributed by atoms with van der Waals surface area (Å²) in [6, 6.07) is 5.14. The molecule has 3 aromatic rings. The van der Waals surface area contributed by atoms with Gasteiger partial charge in [0.15, 0.2) is 0 Å². The molecule has 1 amide bonds. The summed E-state index contributed by atoms with van der Waals surface area (Å²) >= 11 is 0. The number of ether oxygens (including phenoxy) is 1. The van der Waals surface area contributed by atoms with Gasteiger partial charge in [-0.3, -0.25) is 4.79 Å². The minimum Gasteiger partial charge on any atom is -0.378 e. The van der Waals surface area contributed by atoms with E-state index in [9.17, 15) is 9.18 Å². The van der Waals surface area contributed by atoms with Gasteiger partial charge in [-0.15, -0.1) is 0 Å². The van der Waals surface area contributed by atoms with Crippen molar-refractivity contribution in [1.82, 2.24) is 14.6 Å². The number of primary amides is 1. The Hall–Kier alpha value is -3.44. The van der Waals surface area contributed by atoms with Crippen molar-refractivity contribution in [2.75, 3.05) is 31.2 Å². The van der Waals surface area contributed by atoms with Gasteiger partial charge in [0, 0.05) is 31.0 Å². The zero-order valence-corrected chi connectivity index (χ0v) is 16.9. The van der Waals surface area contributed by atoms with Crippen LogP contribution >= 0.6 is 0 Å². The summed E-state index contributed by atoms with van der Waals surface area (Å²) in [6.45, 7) is 5.80. The van der Waals surface area contributed by atoms with E-state index >= 15 is 0 Å². The lowest BCUT2D eigenvalue weighted by atomic mass is 9.93. The van der Waals surface area contributed by atoms with Gasteiger partial charge in [-0.05, 0) is 37.5 Å². The van der Waals surface area contributed by atoms with Crippen LogP contribution in [0.1, 0.15) is 19.5 Å². The van der Waals surface area contributed by atoms with Gasteiger partial charge < -0.3 is 15.4 Å². The van der Waals surface area contributed by atoms with Gasteiger partial charge in [-0.1, -0.05) is 12.0 Å². The minimum atomic E-state index is -0.999. The lowest BCUT2D eigenvalue weighted by molar-refractivity contribution is -0.123. The van der Waals surface area contributed by atoms with E-state index in [1.165, 1.54) is 6.07 Å². The minimum absolute atomic E-state index is 0.305. The molecule has 154 valence electrons. The normalized spacial score (nSPS) is 14.4. The SMILES string of the molecule is CC(C)(C#Cc1nccn2ncc(-c3ccc(N4CCOCC4)c(F)c3)c12)C(N)=O. The van der Waals surface area contributed by atoms with Crippen LogP contribution < -0.4 is 10.6 Å². The molecule has 8 heteroatoms.